The van der Waals surface area contributed by atoms with Gasteiger partial charge in [0.2, 0.25) is 5.89 Å². The molecule has 0 radical (unpaired) electrons. The summed E-state index contributed by atoms with van der Waals surface area (Å²) in [5, 5.41) is 6.64. The predicted octanol–water partition coefficient (Wildman–Crippen LogP) is 6.32. The molecule has 0 spiro atoms. The Kier molecular flexibility index (Phi) is 4.85. The van der Waals surface area contributed by atoms with Gasteiger partial charge in [-0.1, -0.05) is 47.5 Å². The highest BCUT2D eigenvalue weighted by atomic mass is 35.5. The first-order chi connectivity index (χ1) is 15.0. The van der Waals surface area contributed by atoms with Gasteiger partial charge < -0.3 is 4.42 Å². The van der Waals surface area contributed by atoms with Crippen LogP contribution in [0.5, 0.6) is 0 Å². The van der Waals surface area contributed by atoms with Crippen molar-refractivity contribution in [3.63, 3.8) is 0 Å². The van der Waals surface area contributed by atoms with Gasteiger partial charge in [0.15, 0.2) is 0 Å². The highest BCUT2D eigenvalue weighted by Gasteiger charge is 2.18. The molecule has 7 heteroatoms. The van der Waals surface area contributed by atoms with Crippen molar-refractivity contribution >= 4 is 34.0 Å². The van der Waals surface area contributed by atoms with E-state index in [1.54, 1.807) is 30.5 Å². The zero-order valence-corrected chi connectivity index (χ0v) is 17.9. The van der Waals surface area contributed by atoms with Crippen molar-refractivity contribution in [2.45, 2.75) is 6.92 Å². The molecule has 5 nitrogen and oxygen atoms in total. The molecule has 31 heavy (non-hydrogen) atoms. The lowest BCUT2D eigenvalue weighted by atomic mass is 10.0. The number of halogens is 2. The van der Waals surface area contributed by atoms with Gasteiger partial charge in [-0.25, -0.2) is 4.98 Å². The topological polar surface area (TPSA) is 60.9 Å². The normalized spacial score (nSPS) is 11.2. The van der Waals surface area contributed by atoms with E-state index in [0.717, 1.165) is 22.1 Å². The Morgan fingerprint density at radius 3 is 2.32 bits per heavy atom. The minimum Gasteiger partial charge on any atom is -0.445 e. The number of benzene rings is 3. The molecule has 0 fully saturated rings. The highest BCUT2D eigenvalue weighted by Crippen LogP contribution is 2.32. The van der Waals surface area contributed by atoms with Gasteiger partial charge in [-0.15, -0.1) is 0 Å². The quantitative estimate of drug-likeness (QED) is 0.324. The first kappa shape index (κ1) is 19.5. The van der Waals surface area contributed by atoms with Crippen LogP contribution in [0.2, 0.25) is 10.0 Å². The standard InChI is InChI=1S/C24H15Cl2N3O2/c1-14-11-15(13-16(12-14)23-27-9-10-31-23)21-17-5-2-3-6-18(17)24(30)29(28-21)22-19(25)7-4-8-20(22)26/h2-13H,1H3. The summed E-state index contributed by atoms with van der Waals surface area (Å²) in [7, 11) is 0. The maximum atomic E-state index is 13.3. The lowest BCUT2D eigenvalue weighted by molar-refractivity contribution is 0.574. The van der Waals surface area contributed by atoms with E-state index in [1.165, 1.54) is 10.9 Å². The molecule has 2 aromatic heterocycles. The first-order valence-corrected chi connectivity index (χ1v) is 10.3. The van der Waals surface area contributed by atoms with Crippen LogP contribution in [-0.2, 0) is 0 Å². The summed E-state index contributed by atoms with van der Waals surface area (Å²) in [4.78, 5) is 17.5. The van der Waals surface area contributed by atoms with Crippen molar-refractivity contribution in [2.75, 3.05) is 0 Å². The van der Waals surface area contributed by atoms with Gasteiger partial charge in [0.05, 0.1) is 27.3 Å². The molecular formula is C24H15Cl2N3O2. The van der Waals surface area contributed by atoms with E-state index in [2.05, 4.69) is 4.98 Å². The second kappa shape index (κ2) is 7.69. The average Bonchev–Trinajstić information content (AvgIpc) is 3.30. The van der Waals surface area contributed by atoms with E-state index in [0.29, 0.717) is 32.7 Å². The summed E-state index contributed by atoms with van der Waals surface area (Å²) in [6.07, 6.45) is 3.13. The Hall–Kier alpha value is -3.41. The molecule has 0 amide bonds. The maximum absolute atomic E-state index is 13.3. The fraction of sp³-hybridized carbons (Fsp3) is 0.0417. The molecule has 3 aromatic carbocycles. The molecule has 2 heterocycles. The predicted molar refractivity (Wildman–Crippen MR) is 123 cm³/mol. The second-order valence-corrected chi connectivity index (χ2v) is 7.92. The smallest absolute Gasteiger partial charge is 0.279 e. The van der Waals surface area contributed by atoms with Crippen LogP contribution in [0.25, 0.3) is 39.2 Å². The van der Waals surface area contributed by atoms with Crippen LogP contribution < -0.4 is 5.56 Å². The van der Waals surface area contributed by atoms with E-state index in [1.807, 2.05) is 43.3 Å². The summed E-state index contributed by atoms with van der Waals surface area (Å²) in [6.45, 7) is 1.99. The Balaban J connectivity index is 1.85. The Labute approximate surface area is 187 Å². The third-order valence-corrected chi connectivity index (χ3v) is 5.59. The van der Waals surface area contributed by atoms with Crippen LogP contribution in [0, 0.1) is 6.92 Å². The Bertz CT molecular complexity index is 1470. The van der Waals surface area contributed by atoms with Crippen LogP contribution in [0.15, 0.2) is 82.3 Å². The lowest BCUT2D eigenvalue weighted by Crippen LogP contribution is -2.23. The van der Waals surface area contributed by atoms with Crippen LogP contribution >= 0.6 is 23.2 Å². The van der Waals surface area contributed by atoms with Crippen LogP contribution in [0.1, 0.15) is 5.56 Å². The minimum absolute atomic E-state index is 0.296. The van der Waals surface area contributed by atoms with Crippen molar-refractivity contribution in [1.82, 2.24) is 14.8 Å². The van der Waals surface area contributed by atoms with E-state index < -0.39 is 0 Å². The number of oxazole rings is 1. The van der Waals surface area contributed by atoms with E-state index in [9.17, 15) is 4.79 Å². The fourth-order valence-corrected chi connectivity index (χ4v) is 4.21. The van der Waals surface area contributed by atoms with Crippen LogP contribution in [0.3, 0.4) is 0 Å². The number of para-hydroxylation sites is 1. The molecule has 0 saturated carbocycles. The monoisotopic (exact) mass is 447 g/mol. The summed E-state index contributed by atoms with van der Waals surface area (Å²) in [5.74, 6) is 0.511. The number of fused-ring (bicyclic) bond motifs is 1. The van der Waals surface area contributed by atoms with Gasteiger partial charge >= 0.3 is 0 Å². The molecule has 0 aliphatic carbocycles. The van der Waals surface area contributed by atoms with Gasteiger partial charge in [-0.3, -0.25) is 4.79 Å². The van der Waals surface area contributed by atoms with Crippen molar-refractivity contribution in [3.8, 4) is 28.4 Å². The average molecular weight is 448 g/mol. The molecule has 0 atom stereocenters. The number of rotatable bonds is 3. The van der Waals surface area contributed by atoms with Crippen molar-refractivity contribution in [1.29, 1.82) is 0 Å². The van der Waals surface area contributed by atoms with Crippen molar-refractivity contribution in [3.05, 3.63) is 99.1 Å². The summed E-state index contributed by atoms with van der Waals surface area (Å²) >= 11 is 12.8. The van der Waals surface area contributed by atoms with Gasteiger partial charge in [0.1, 0.15) is 12.0 Å². The summed E-state index contributed by atoms with van der Waals surface area (Å²) in [5.41, 5.74) is 3.33. The lowest BCUT2D eigenvalue weighted by Gasteiger charge is -2.14. The number of nitrogens with zero attached hydrogens (tertiary/aromatic N) is 3. The third kappa shape index (κ3) is 3.42. The van der Waals surface area contributed by atoms with E-state index in [-0.39, 0.29) is 5.56 Å². The molecule has 0 aliphatic rings. The van der Waals surface area contributed by atoms with Crippen molar-refractivity contribution in [2.24, 2.45) is 0 Å². The Morgan fingerprint density at radius 2 is 1.61 bits per heavy atom. The Morgan fingerprint density at radius 1 is 0.903 bits per heavy atom. The molecule has 0 unspecified atom stereocenters. The first-order valence-electron chi connectivity index (χ1n) is 9.51. The van der Waals surface area contributed by atoms with Gasteiger partial charge in [0.25, 0.3) is 5.56 Å². The van der Waals surface area contributed by atoms with E-state index >= 15 is 0 Å². The SMILES string of the molecule is Cc1cc(-c2ncco2)cc(-c2nn(-c3c(Cl)cccc3Cl)c(=O)c3ccccc23)c1. The number of hydrogen-bond acceptors (Lipinski definition) is 4. The van der Waals surface area contributed by atoms with Gasteiger partial charge in [0, 0.05) is 16.5 Å². The van der Waals surface area contributed by atoms with Gasteiger partial charge in [-0.2, -0.15) is 9.78 Å². The zero-order chi connectivity index (χ0) is 21.5. The third-order valence-electron chi connectivity index (χ3n) is 4.98. The van der Waals surface area contributed by atoms with Crippen molar-refractivity contribution < 1.29 is 4.42 Å². The molecule has 152 valence electrons. The second-order valence-electron chi connectivity index (χ2n) is 7.11. The molecule has 5 rings (SSSR count). The maximum Gasteiger partial charge on any atom is 0.279 e. The fourth-order valence-electron chi connectivity index (χ4n) is 3.65. The molecule has 5 aromatic rings. The number of aryl methyl sites for hydroxylation is 1. The number of aromatic nitrogens is 3. The van der Waals surface area contributed by atoms with Crippen LogP contribution in [-0.4, -0.2) is 14.8 Å². The largest absolute Gasteiger partial charge is 0.445 e. The molecule has 0 saturated heterocycles. The van der Waals surface area contributed by atoms with Crippen LogP contribution in [0.4, 0.5) is 0 Å². The molecule has 0 aliphatic heterocycles. The molecule has 0 bridgehead atoms. The summed E-state index contributed by atoms with van der Waals surface area (Å²) in [6, 6.07) is 18.4. The highest BCUT2D eigenvalue weighted by molar-refractivity contribution is 6.37. The minimum atomic E-state index is -0.296. The number of hydrogen-bond donors (Lipinski definition) is 0. The van der Waals surface area contributed by atoms with E-state index in [4.69, 9.17) is 32.7 Å². The molecule has 0 N–H and O–H groups in total. The van der Waals surface area contributed by atoms with Gasteiger partial charge in [-0.05, 0) is 48.9 Å². The molecular weight excluding hydrogens is 433 g/mol. The summed E-state index contributed by atoms with van der Waals surface area (Å²) < 4.78 is 6.75. The zero-order valence-electron chi connectivity index (χ0n) is 16.3.